The maximum Gasteiger partial charge on any atom is 0.412 e. The van der Waals surface area contributed by atoms with Gasteiger partial charge in [0.2, 0.25) is 0 Å². The molecule has 11 heteroatoms. The van der Waals surface area contributed by atoms with Crippen molar-refractivity contribution in [1.29, 1.82) is 0 Å². The number of rotatable bonds is 11. The summed E-state index contributed by atoms with van der Waals surface area (Å²) in [5.74, 6) is -0.444. The lowest BCUT2D eigenvalue weighted by Gasteiger charge is -2.21. The molecule has 37 heavy (non-hydrogen) atoms. The van der Waals surface area contributed by atoms with Gasteiger partial charge in [-0.25, -0.2) is 9.59 Å². The van der Waals surface area contributed by atoms with Crippen LogP contribution in [-0.4, -0.2) is 74.4 Å². The first kappa shape index (κ1) is 29.5. The number of para-hydroxylation sites is 2. The van der Waals surface area contributed by atoms with Gasteiger partial charge in [-0.1, -0.05) is 18.2 Å². The molecule has 1 heterocycles. The second kappa shape index (κ2) is 14.1. The van der Waals surface area contributed by atoms with Crippen LogP contribution in [0.4, 0.5) is 21.0 Å². The summed E-state index contributed by atoms with van der Waals surface area (Å²) in [6.45, 7) is 6.85. The van der Waals surface area contributed by atoms with Crippen LogP contribution in [-0.2, 0) is 9.47 Å². The van der Waals surface area contributed by atoms with Crippen molar-refractivity contribution in [3.8, 4) is 0 Å². The lowest BCUT2D eigenvalue weighted by molar-refractivity contribution is 0.0635. The molecule has 2 rings (SSSR count). The summed E-state index contributed by atoms with van der Waals surface area (Å²) >= 11 is 0. The number of nitrogens with one attached hydrogen (secondary N) is 4. The monoisotopic (exact) mass is 514 g/mol. The largest absolute Gasteiger partial charge is 0.444 e. The van der Waals surface area contributed by atoms with Gasteiger partial charge >= 0.3 is 12.1 Å². The molecule has 0 saturated carbocycles. The molecular formula is C26H38N6O5. The van der Waals surface area contributed by atoms with Gasteiger partial charge in [-0.15, -0.1) is 0 Å². The van der Waals surface area contributed by atoms with E-state index < -0.39 is 17.6 Å². The van der Waals surface area contributed by atoms with Crippen LogP contribution >= 0.6 is 0 Å². The molecule has 11 nitrogen and oxygen atoms in total. The van der Waals surface area contributed by atoms with Gasteiger partial charge in [0, 0.05) is 19.9 Å². The zero-order valence-corrected chi connectivity index (χ0v) is 22.4. The molecule has 0 spiro atoms. The zero-order valence-electron chi connectivity index (χ0n) is 22.4. The molecule has 0 saturated heterocycles. The number of hydrogen-bond acceptors (Lipinski definition) is 7. The summed E-state index contributed by atoms with van der Waals surface area (Å²) < 4.78 is 10.3. The molecule has 0 aliphatic rings. The highest BCUT2D eigenvalue weighted by Crippen LogP contribution is 2.23. The summed E-state index contributed by atoms with van der Waals surface area (Å²) in [7, 11) is 5.48. The van der Waals surface area contributed by atoms with Gasteiger partial charge < -0.3 is 30.3 Å². The van der Waals surface area contributed by atoms with Crippen LogP contribution in [0.25, 0.3) is 0 Å². The summed E-state index contributed by atoms with van der Waals surface area (Å²) in [6, 6.07) is 9.57. The van der Waals surface area contributed by atoms with Crippen LogP contribution in [0.3, 0.4) is 0 Å². The van der Waals surface area contributed by atoms with E-state index in [0.29, 0.717) is 30.9 Å². The first-order valence-electron chi connectivity index (χ1n) is 12.0. The van der Waals surface area contributed by atoms with Crippen molar-refractivity contribution >= 4 is 29.4 Å². The lowest BCUT2D eigenvalue weighted by atomic mass is 10.1. The fourth-order valence-electron chi connectivity index (χ4n) is 3.23. The highest BCUT2D eigenvalue weighted by Gasteiger charge is 2.19. The summed E-state index contributed by atoms with van der Waals surface area (Å²) in [4.78, 5) is 43.7. The quantitative estimate of drug-likeness (QED) is 0.337. The smallest absolute Gasteiger partial charge is 0.412 e. The van der Waals surface area contributed by atoms with E-state index in [4.69, 9.17) is 9.47 Å². The fourth-order valence-corrected chi connectivity index (χ4v) is 3.23. The van der Waals surface area contributed by atoms with Crippen molar-refractivity contribution < 1.29 is 23.9 Å². The number of urea groups is 1. The van der Waals surface area contributed by atoms with Gasteiger partial charge in [0.05, 0.1) is 24.0 Å². The fraction of sp³-hybridized carbons (Fsp3) is 0.462. The molecule has 4 amide bonds. The number of benzene rings is 1. The Morgan fingerprint density at radius 1 is 1.03 bits per heavy atom. The van der Waals surface area contributed by atoms with E-state index in [1.807, 2.05) is 19.0 Å². The maximum absolute atomic E-state index is 12.9. The number of pyridine rings is 1. The third-order valence-corrected chi connectivity index (χ3v) is 4.99. The number of hydrogen-bond donors (Lipinski definition) is 4. The molecule has 0 radical (unpaired) electrons. The first-order chi connectivity index (χ1) is 17.5. The van der Waals surface area contributed by atoms with E-state index in [1.165, 1.54) is 0 Å². The van der Waals surface area contributed by atoms with Crippen LogP contribution in [0.15, 0.2) is 42.6 Å². The zero-order chi connectivity index (χ0) is 27.4. The van der Waals surface area contributed by atoms with Gasteiger partial charge in [0.15, 0.2) is 0 Å². The van der Waals surface area contributed by atoms with E-state index in [1.54, 1.807) is 70.5 Å². The number of methoxy groups -OCH3 is 1. The van der Waals surface area contributed by atoms with Crippen molar-refractivity contribution in [2.24, 2.45) is 0 Å². The topological polar surface area (TPSA) is 134 Å². The van der Waals surface area contributed by atoms with Crippen molar-refractivity contribution in [3.63, 3.8) is 0 Å². The predicted octanol–water partition coefficient (Wildman–Crippen LogP) is 3.62. The molecule has 0 aliphatic heterocycles. The highest BCUT2D eigenvalue weighted by atomic mass is 16.6. The molecule has 2 aromatic rings. The maximum atomic E-state index is 12.9. The Labute approximate surface area is 218 Å². The minimum absolute atomic E-state index is 0.187. The van der Waals surface area contributed by atoms with Crippen molar-refractivity contribution in [2.45, 2.75) is 38.8 Å². The molecule has 1 unspecified atom stereocenters. The average molecular weight is 515 g/mol. The van der Waals surface area contributed by atoms with E-state index in [2.05, 4.69) is 26.3 Å². The van der Waals surface area contributed by atoms with E-state index in [-0.39, 0.29) is 17.8 Å². The molecule has 0 fully saturated rings. The Kier molecular flexibility index (Phi) is 11.3. The van der Waals surface area contributed by atoms with Gasteiger partial charge in [0.25, 0.3) is 5.91 Å². The van der Waals surface area contributed by atoms with E-state index in [0.717, 1.165) is 12.1 Å². The van der Waals surface area contributed by atoms with Gasteiger partial charge in [-0.05, 0) is 71.6 Å². The number of anilines is 2. The molecule has 0 aliphatic carbocycles. The number of amides is 4. The van der Waals surface area contributed by atoms with Gasteiger partial charge in [-0.3, -0.25) is 15.1 Å². The number of carbonyl (C=O) groups is 3. The second-order valence-corrected chi connectivity index (χ2v) is 9.64. The number of nitrogens with zero attached hydrogens (tertiary/aromatic N) is 2. The third-order valence-electron chi connectivity index (χ3n) is 4.99. The van der Waals surface area contributed by atoms with Crippen molar-refractivity contribution in [1.82, 2.24) is 20.5 Å². The molecule has 0 bridgehead atoms. The Hall–Kier alpha value is -3.70. The minimum Gasteiger partial charge on any atom is -0.444 e. The lowest BCUT2D eigenvalue weighted by Crippen LogP contribution is -2.40. The Morgan fingerprint density at radius 3 is 2.27 bits per heavy atom. The van der Waals surface area contributed by atoms with Crippen LogP contribution in [0.5, 0.6) is 0 Å². The average Bonchev–Trinajstić information content (AvgIpc) is 2.82. The molecular weight excluding hydrogens is 476 g/mol. The van der Waals surface area contributed by atoms with E-state index in [9.17, 15) is 14.4 Å². The summed E-state index contributed by atoms with van der Waals surface area (Å²) in [5.41, 5.74) is 1.10. The van der Waals surface area contributed by atoms with Crippen LogP contribution in [0.1, 0.15) is 49.3 Å². The van der Waals surface area contributed by atoms with E-state index >= 15 is 0 Å². The molecule has 1 aromatic carbocycles. The number of ether oxygens (including phenoxy) is 2. The van der Waals surface area contributed by atoms with Crippen LogP contribution in [0, 0.1) is 0 Å². The Morgan fingerprint density at radius 2 is 1.70 bits per heavy atom. The molecule has 1 aromatic heterocycles. The second-order valence-electron chi connectivity index (χ2n) is 9.64. The Balaban J connectivity index is 2.10. The highest BCUT2D eigenvalue weighted by molar-refractivity contribution is 6.05. The first-order valence-corrected chi connectivity index (χ1v) is 12.0. The molecule has 1 atom stereocenters. The van der Waals surface area contributed by atoms with Gasteiger partial charge in [0.1, 0.15) is 11.3 Å². The van der Waals surface area contributed by atoms with Gasteiger partial charge in [-0.2, -0.15) is 0 Å². The standard InChI is InChI=1S/C26H38N6O5/c1-26(2,3)37-25(35)31-21-10-8-7-9-20(21)29-23(33)22-12-11-18(17-28-22)19(13-15-32(4)5)30-24(34)27-14-16-36-6/h7-12,17,19H,13-16H2,1-6H3,(H,29,33)(H,31,35)(H2,27,30,34). The summed E-state index contributed by atoms with van der Waals surface area (Å²) in [6.07, 6.45) is 1.61. The molecule has 202 valence electrons. The Bertz CT molecular complexity index is 1040. The SMILES string of the molecule is COCCNC(=O)NC(CCN(C)C)c1ccc(C(=O)Nc2ccccc2NC(=O)OC(C)(C)C)nc1. The number of carbonyl (C=O) groups excluding carboxylic acids is 3. The number of aromatic nitrogens is 1. The normalized spacial score (nSPS) is 12.0. The molecule has 4 N–H and O–H groups in total. The predicted molar refractivity (Wildman–Crippen MR) is 143 cm³/mol. The minimum atomic E-state index is -0.655. The van der Waals surface area contributed by atoms with Crippen LogP contribution < -0.4 is 21.3 Å². The summed E-state index contributed by atoms with van der Waals surface area (Å²) in [5, 5.41) is 11.1. The van der Waals surface area contributed by atoms with Crippen molar-refractivity contribution in [3.05, 3.63) is 53.9 Å². The van der Waals surface area contributed by atoms with Crippen molar-refractivity contribution in [2.75, 3.05) is 51.5 Å². The third kappa shape index (κ3) is 10.8. The van der Waals surface area contributed by atoms with Crippen LogP contribution in [0.2, 0.25) is 0 Å².